The number of nitrogens with zero attached hydrogens (tertiary/aromatic N) is 4. The number of carbonyl (C=O) groups is 2. The van der Waals surface area contributed by atoms with Gasteiger partial charge in [0.1, 0.15) is 11.4 Å². The Morgan fingerprint density at radius 3 is 2.61 bits per heavy atom. The molecule has 1 aromatic carbocycles. The fraction of sp³-hybridized carbons (Fsp3) is 0.407. The van der Waals surface area contributed by atoms with Gasteiger partial charge >= 0.3 is 6.09 Å². The zero-order chi connectivity index (χ0) is 26.0. The number of benzene rings is 1. The summed E-state index contributed by atoms with van der Waals surface area (Å²) in [5.41, 5.74) is 2.27. The second-order valence-electron chi connectivity index (χ2n) is 10.1. The van der Waals surface area contributed by atoms with Crippen LogP contribution in [-0.2, 0) is 4.74 Å². The highest BCUT2D eigenvalue weighted by Crippen LogP contribution is 2.32. The van der Waals surface area contributed by atoms with Gasteiger partial charge in [-0.15, -0.1) is 0 Å². The fourth-order valence-corrected chi connectivity index (χ4v) is 4.68. The van der Waals surface area contributed by atoms with Gasteiger partial charge in [0, 0.05) is 36.2 Å². The maximum Gasteiger partial charge on any atom is 0.410 e. The van der Waals surface area contributed by atoms with E-state index in [9.17, 15) is 9.59 Å². The summed E-state index contributed by atoms with van der Waals surface area (Å²) in [4.78, 5) is 37.9. The minimum absolute atomic E-state index is 0.0490. The van der Waals surface area contributed by atoms with Crippen LogP contribution in [0.1, 0.15) is 50.9 Å². The molecule has 0 radical (unpaired) electrons. The summed E-state index contributed by atoms with van der Waals surface area (Å²) in [6.45, 7) is 8.71. The van der Waals surface area contributed by atoms with E-state index in [1.165, 1.54) is 6.92 Å². The van der Waals surface area contributed by atoms with E-state index in [4.69, 9.17) is 4.74 Å². The topological polar surface area (TPSA) is 87.7 Å². The second kappa shape index (κ2) is 10.4. The number of piperidine rings is 1. The van der Waals surface area contributed by atoms with E-state index in [1.54, 1.807) is 24.3 Å². The second-order valence-corrected chi connectivity index (χ2v) is 11.0. The van der Waals surface area contributed by atoms with Crippen molar-refractivity contribution in [1.82, 2.24) is 14.9 Å². The maximum absolute atomic E-state index is 12.5. The van der Waals surface area contributed by atoms with Crippen LogP contribution in [0, 0.1) is 0 Å². The van der Waals surface area contributed by atoms with Crippen molar-refractivity contribution in [3.63, 3.8) is 0 Å². The summed E-state index contributed by atoms with van der Waals surface area (Å²) in [5, 5.41) is 4.24. The number of amides is 1. The predicted octanol–water partition coefficient (Wildman–Crippen LogP) is 6.17. The Kier molecular flexibility index (Phi) is 7.49. The molecular formula is C27H32BrN5O3. The minimum atomic E-state index is -0.525. The molecule has 2 aromatic heterocycles. The van der Waals surface area contributed by atoms with Gasteiger partial charge in [0.2, 0.25) is 0 Å². The van der Waals surface area contributed by atoms with Crippen LogP contribution >= 0.6 is 15.9 Å². The summed E-state index contributed by atoms with van der Waals surface area (Å²) in [5.74, 6) is 0.780. The molecule has 1 atom stereocenters. The first-order chi connectivity index (χ1) is 17.0. The Labute approximate surface area is 220 Å². The zero-order valence-corrected chi connectivity index (χ0v) is 22.9. The van der Waals surface area contributed by atoms with Crippen molar-refractivity contribution in [2.75, 3.05) is 30.4 Å². The van der Waals surface area contributed by atoms with Crippen molar-refractivity contribution in [3.05, 3.63) is 52.8 Å². The van der Waals surface area contributed by atoms with Gasteiger partial charge in [-0.3, -0.25) is 9.78 Å². The van der Waals surface area contributed by atoms with Crippen molar-refractivity contribution >= 4 is 55.9 Å². The predicted molar refractivity (Wildman–Crippen MR) is 146 cm³/mol. The fourth-order valence-electron chi connectivity index (χ4n) is 4.32. The Balaban J connectivity index is 1.52. The third kappa shape index (κ3) is 5.95. The lowest BCUT2D eigenvalue weighted by Crippen LogP contribution is -2.50. The van der Waals surface area contributed by atoms with Gasteiger partial charge in [-0.25, -0.2) is 9.78 Å². The number of aromatic nitrogens is 2. The third-order valence-electron chi connectivity index (χ3n) is 6.18. The lowest BCUT2D eigenvalue weighted by molar-refractivity contribution is 0.0209. The van der Waals surface area contributed by atoms with Gasteiger partial charge in [-0.2, -0.15) is 0 Å². The Morgan fingerprint density at radius 2 is 1.94 bits per heavy atom. The highest BCUT2D eigenvalue weighted by molar-refractivity contribution is 9.10. The van der Waals surface area contributed by atoms with Gasteiger partial charge in [0.05, 0.1) is 34.7 Å². The molecule has 3 heterocycles. The number of carbonyl (C=O) groups excluding carboxylic acids is 2. The van der Waals surface area contributed by atoms with Crippen molar-refractivity contribution in [2.24, 2.45) is 0 Å². The van der Waals surface area contributed by atoms with E-state index in [0.29, 0.717) is 17.8 Å². The van der Waals surface area contributed by atoms with E-state index >= 15 is 0 Å². The molecule has 0 spiro atoms. The number of nitrogens with one attached hydrogen (secondary N) is 1. The van der Waals surface area contributed by atoms with Crippen LogP contribution in [0.2, 0.25) is 0 Å². The molecule has 1 aliphatic rings. The first-order valence-electron chi connectivity index (χ1n) is 12.0. The van der Waals surface area contributed by atoms with Crippen LogP contribution in [0.15, 0.2) is 47.2 Å². The number of pyridine rings is 2. The quantitative estimate of drug-likeness (QED) is 0.377. The first-order valence-corrected chi connectivity index (χ1v) is 12.8. The molecule has 0 saturated carbocycles. The van der Waals surface area contributed by atoms with Gasteiger partial charge in [-0.05, 0) is 70.9 Å². The monoisotopic (exact) mass is 553 g/mol. The van der Waals surface area contributed by atoms with Gasteiger partial charge < -0.3 is 19.9 Å². The average Bonchev–Trinajstić information content (AvgIpc) is 2.83. The number of rotatable bonds is 5. The van der Waals surface area contributed by atoms with E-state index in [2.05, 4.69) is 36.1 Å². The Hall–Kier alpha value is -3.20. The first kappa shape index (κ1) is 25.9. The largest absolute Gasteiger partial charge is 0.444 e. The summed E-state index contributed by atoms with van der Waals surface area (Å²) in [6.07, 6.45) is 4.95. The Morgan fingerprint density at radius 1 is 1.17 bits per heavy atom. The van der Waals surface area contributed by atoms with Crippen LogP contribution in [-0.4, -0.2) is 58.5 Å². The number of fused-ring (bicyclic) bond motifs is 1. The SMILES string of the molecule is CC(=O)c1cnc2ccc(Br)cc2c1Nc1ccc(N2CCCC(N(C)C(=O)OC(C)(C)C)C2)nc1. The van der Waals surface area contributed by atoms with Crippen LogP contribution in [0.4, 0.5) is 22.0 Å². The summed E-state index contributed by atoms with van der Waals surface area (Å²) >= 11 is 3.51. The standard InChI is InChI=1S/C27H32BrN5O3/c1-17(34)22-15-29-23-10-8-18(28)13-21(23)25(22)31-19-9-11-24(30-14-19)33-12-6-7-20(16-33)32(5)26(35)36-27(2,3)4/h8-11,13-15,20H,6-7,12,16H2,1-5H3,(H,29,31). The Bertz CT molecular complexity index is 1270. The van der Waals surface area contributed by atoms with E-state index in [-0.39, 0.29) is 17.9 Å². The molecule has 36 heavy (non-hydrogen) atoms. The molecule has 8 nitrogen and oxygen atoms in total. The highest BCUT2D eigenvalue weighted by Gasteiger charge is 2.29. The third-order valence-corrected chi connectivity index (χ3v) is 6.67. The number of ketones is 1. The number of hydrogen-bond acceptors (Lipinski definition) is 7. The number of hydrogen-bond donors (Lipinski definition) is 1. The number of halogens is 1. The van der Waals surface area contributed by atoms with Crippen LogP contribution in [0.5, 0.6) is 0 Å². The van der Waals surface area contributed by atoms with Crippen LogP contribution in [0.3, 0.4) is 0 Å². The number of anilines is 3. The molecule has 1 fully saturated rings. The van der Waals surface area contributed by atoms with Gasteiger partial charge in [-0.1, -0.05) is 15.9 Å². The van der Waals surface area contributed by atoms with Crippen molar-refractivity contribution in [2.45, 2.75) is 52.2 Å². The smallest absolute Gasteiger partial charge is 0.410 e. The zero-order valence-electron chi connectivity index (χ0n) is 21.3. The maximum atomic E-state index is 12.5. The lowest BCUT2D eigenvalue weighted by atomic mass is 10.0. The summed E-state index contributed by atoms with van der Waals surface area (Å²) in [7, 11) is 1.80. The normalized spacial score (nSPS) is 16.1. The van der Waals surface area contributed by atoms with Crippen molar-refractivity contribution in [3.8, 4) is 0 Å². The lowest BCUT2D eigenvalue weighted by Gasteiger charge is -2.38. The number of Topliss-reactive ketones (excluding diaryl/α,β-unsaturated/α-hetero) is 1. The number of likely N-dealkylation sites (N-methyl/N-ethyl adjacent to an activating group) is 1. The van der Waals surface area contributed by atoms with Crippen molar-refractivity contribution < 1.29 is 14.3 Å². The van der Waals surface area contributed by atoms with E-state index in [0.717, 1.165) is 46.3 Å². The van der Waals surface area contributed by atoms with Crippen molar-refractivity contribution in [1.29, 1.82) is 0 Å². The molecule has 0 aliphatic carbocycles. The highest BCUT2D eigenvalue weighted by atomic mass is 79.9. The van der Waals surface area contributed by atoms with E-state index < -0.39 is 5.60 Å². The number of ether oxygens (including phenoxy) is 1. The van der Waals surface area contributed by atoms with Gasteiger partial charge in [0.15, 0.2) is 5.78 Å². The molecule has 0 bridgehead atoms. The van der Waals surface area contributed by atoms with Crippen LogP contribution < -0.4 is 10.2 Å². The van der Waals surface area contributed by atoms with E-state index in [1.807, 2.05) is 51.1 Å². The summed E-state index contributed by atoms with van der Waals surface area (Å²) in [6, 6.07) is 9.76. The summed E-state index contributed by atoms with van der Waals surface area (Å²) < 4.78 is 6.45. The molecule has 3 aromatic rings. The minimum Gasteiger partial charge on any atom is -0.444 e. The molecule has 1 amide bonds. The molecule has 1 unspecified atom stereocenters. The molecule has 4 rings (SSSR count). The van der Waals surface area contributed by atoms with Gasteiger partial charge in [0.25, 0.3) is 0 Å². The molecular weight excluding hydrogens is 522 g/mol. The molecule has 190 valence electrons. The molecule has 9 heteroatoms. The average molecular weight is 554 g/mol. The molecule has 1 N–H and O–H groups in total. The molecule has 1 saturated heterocycles. The van der Waals surface area contributed by atoms with Crippen LogP contribution in [0.25, 0.3) is 10.9 Å². The molecule has 1 aliphatic heterocycles.